The number of amides is 2. The highest BCUT2D eigenvalue weighted by atomic mass is 35.5. The number of nitrogens with one attached hydrogen (secondary N) is 2. The lowest BCUT2D eigenvalue weighted by atomic mass is 9.96. The van der Waals surface area contributed by atoms with E-state index in [1.54, 1.807) is 18.2 Å². The first kappa shape index (κ1) is 24.3. The minimum Gasteiger partial charge on any atom is -0.457 e. The number of nitrogens with zero attached hydrogens (tertiary/aromatic N) is 1. The van der Waals surface area contributed by atoms with E-state index in [0.717, 1.165) is 37.3 Å². The van der Waals surface area contributed by atoms with Gasteiger partial charge in [0.1, 0.15) is 11.5 Å². The molecular formula is C29H30ClN3O3. The van der Waals surface area contributed by atoms with E-state index in [4.69, 9.17) is 16.3 Å². The Morgan fingerprint density at radius 1 is 0.889 bits per heavy atom. The molecule has 2 fully saturated rings. The number of benzene rings is 3. The van der Waals surface area contributed by atoms with E-state index in [1.165, 1.54) is 5.56 Å². The van der Waals surface area contributed by atoms with E-state index >= 15 is 0 Å². The number of fused-ring (bicyclic) bond motifs is 2. The minimum atomic E-state index is -0.338. The smallest absolute Gasteiger partial charge is 0.255 e. The van der Waals surface area contributed by atoms with Gasteiger partial charge in [0, 0.05) is 29.7 Å². The fourth-order valence-electron chi connectivity index (χ4n) is 5.34. The van der Waals surface area contributed by atoms with E-state index in [2.05, 4.69) is 27.7 Å². The second-order valence-corrected chi connectivity index (χ2v) is 9.95. The highest BCUT2D eigenvalue weighted by molar-refractivity contribution is 6.30. The Morgan fingerprint density at radius 3 is 2.28 bits per heavy atom. The third kappa shape index (κ3) is 5.89. The SMILES string of the molecule is O=C(CNC(=O)c1ccccc1Oc1ccccc1)NC1C[C@H]2CC[C@@H](C1)N2Cc1ccc(Cl)cc1. The number of carbonyl (C=O) groups excluding carboxylic acids is 2. The van der Waals surface area contributed by atoms with Gasteiger partial charge in [-0.05, 0) is 67.6 Å². The van der Waals surface area contributed by atoms with E-state index in [1.807, 2.05) is 48.5 Å². The summed E-state index contributed by atoms with van der Waals surface area (Å²) in [5, 5.41) is 6.64. The molecule has 3 aromatic rings. The third-order valence-corrected chi connectivity index (χ3v) is 7.29. The van der Waals surface area contributed by atoms with Crippen LogP contribution in [0.1, 0.15) is 41.6 Å². The Hall–Kier alpha value is -3.35. The van der Waals surface area contributed by atoms with Crippen LogP contribution in [0.5, 0.6) is 11.5 Å². The van der Waals surface area contributed by atoms with Crippen LogP contribution in [0.25, 0.3) is 0 Å². The Labute approximate surface area is 216 Å². The first-order chi connectivity index (χ1) is 17.5. The maximum absolute atomic E-state index is 12.8. The standard InChI is InChI=1S/C29H30ClN3O3/c30-21-12-10-20(11-13-21)19-33-23-14-15-24(33)17-22(16-23)32-28(34)18-31-29(35)26-8-4-5-9-27(26)36-25-6-2-1-3-7-25/h1-13,22-24H,14-19H2,(H,31,35)(H,32,34)/t22?,23-,24+. The van der Waals surface area contributed by atoms with Crippen molar-refractivity contribution in [1.82, 2.24) is 15.5 Å². The van der Waals surface area contributed by atoms with E-state index < -0.39 is 0 Å². The largest absolute Gasteiger partial charge is 0.457 e. The van der Waals surface area contributed by atoms with Crippen molar-refractivity contribution in [2.45, 2.75) is 50.4 Å². The molecule has 2 amide bonds. The highest BCUT2D eigenvalue weighted by Gasteiger charge is 2.40. The van der Waals surface area contributed by atoms with Gasteiger partial charge in [-0.3, -0.25) is 14.5 Å². The summed E-state index contributed by atoms with van der Waals surface area (Å²) in [5.74, 6) is 0.591. The van der Waals surface area contributed by atoms with Crippen molar-refractivity contribution in [2.75, 3.05) is 6.54 Å². The molecule has 36 heavy (non-hydrogen) atoms. The van der Waals surface area contributed by atoms with Crippen molar-refractivity contribution >= 4 is 23.4 Å². The molecule has 2 heterocycles. The zero-order valence-corrected chi connectivity index (χ0v) is 20.8. The average molecular weight is 504 g/mol. The topological polar surface area (TPSA) is 70.7 Å². The normalized spacial score (nSPS) is 21.1. The van der Waals surface area contributed by atoms with E-state index in [-0.39, 0.29) is 24.4 Å². The predicted octanol–water partition coefficient (Wildman–Crippen LogP) is 5.17. The van der Waals surface area contributed by atoms with Gasteiger partial charge in [0.2, 0.25) is 5.91 Å². The van der Waals surface area contributed by atoms with Crippen molar-refractivity contribution in [1.29, 1.82) is 0 Å². The number of piperidine rings is 1. The molecule has 2 saturated heterocycles. The summed E-state index contributed by atoms with van der Waals surface area (Å²) in [5.41, 5.74) is 1.65. The maximum atomic E-state index is 12.8. The van der Waals surface area contributed by atoms with Gasteiger partial charge in [0.05, 0.1) is 12.1 Å². The van der Waals surface area contributed by atoms with Crippen LogP contribution in [0.2, 0.25) is 5.02 Å². The molecule has 0 saturated carbocycles. The molecule has 0 aliphatic carbocycles. The number of rotatable bonds is 8. The third-order valence-electron chi connectivity index (χ3n) is 7.04. The molecule has 2 aliphatic heterocycles. The highest BCUT2D eigenvalue weighted by Crippen LogP contribution is 2.37. The lowest BCUT2D eigenvalue weighted by molar-refractivity contribution is -0.121. The van der Waals surface area contributed by atoms with Crippen molar-refractivity contribution in [3.63, 3.8) is 0 Å². The summed E-state index contributed by atoms with van der Waals surface area (Å²) in [6.45, 7) is 0.840. The molecule has 2 N–H and O–H groups in total. The monoisotopic (exact) mass is 503 g/mol. The van der Waals surface area contributed by atoms with Crippen LogP contribution in [-0.2, 0) is 11.3 Å². The van der Waals surface area contributed by atoms with Crippen molar-refractivity contribution < 1.29 is 14.3 Å². The fraction of sp³-hybridized carbons (Fsp3) is 0.310. The summed E-state index contributed by atoms with van der Waals surface area (Å²) in [7, 11) is 0. The van der Waals surface area contributed by atoms with Crippen LogP contribution in [0.3, 0.4) is 0 Å². The van der Waals surface area contributed by atoms with Crippen LogP contribution in [-0.4, -0.2) is 41.4 Å². The number of hydrogen-bond acceptors (Lipinski definition) is 4. The summed E-state index contributed by atoms with van der Waals surface area (Å²) in [6.07, 6.45) is 4.16. The van der Waals surface area contributed by atoms with Gasteiger partial charge in [-0.2, -0.15) is 0 Å². The summed E-state index contributed by atoms with van der Waals surface area (Å²) < 4.78 is 5.88. The lowest BCUT2D eigenvalue weighted by Crippen LogP contribution is -2.51. The Balaban J connectivity index is 1.12. The first-order valence-corrected chi connectivity index (χ1v) is 12.8. The molecule has 186 valence electrons. The van der Waals surface area contributed by atoms with Crippen LogP contribution in [0.15, 0.2) is 78.9 Å². The van der Waals surface area contributed by atoms with Crippen molar-refractivity contribution in [3.05, 3.63) is 95.0 Å². The Morgan fingerprint density at radius 2 is 1.56 bits per heavy atom. The van der Waals surface area contributed by atoms with Crippen LogP contribution >= 0.6 is 11.6 Å². The average Bonchev–Trinajstić information content (AvgIpc) is 3.11. The molecule has 2 aliphatic rings. The minimum absolute atomic E-state index is 0.0706. The Bertz CT molecular complexity index is 1190. The number of para-hydroxylation sites is 2. The van der Waals surface area contributed by atoms with Gasteiger partial charge in [-0.1, -0.05) is 54.1 Å². The number of hydrogen-bond donors (Lipinski definition) is 2. The predicted molar refractivity (Wildman–Crippen MR) is 140 cm³/mol. The van der Waals surface area contributed by atoms with Crippen LogP contribution in [0, 0.1) is 0 Å². The fourth-order valence-corrected chi connectivity index (χ4v) is 5.47. The molecule has 2 bridgehead atoms. The summed E-state index contributed by atoms with van der Waals surface area (Å²) >= 11 is 6.03. The zero-order valence-electron chi connectivity index (χ0n) is 20.0. The molecule has 3 aromatic carbocycles. The molecule has 0 spiro atoms. The molecule has 1 unspecified atom stereocenters. The quantitative estimate of drug-likeness (QED) is 0.444. The van der Waals surface area contributed by atoms with Crippen molar-refractivity contribution in [3.8, 4) is 11.5 Å². The van der Waals surface area contributed by atoms with Crippen molar-refractivity contribution in [2.24, 2.45) is 0 Å². The van der Waals surface area contributed by atoms with Gasteiger partial charge < -0.3 is 15.4 Å². The number of carbonyl (C=O) groups is 2. The van der Waals surface area contributed by atoms with Crippen LogP contribution in [0.4, 0.5) is 0 Å². The zero-order chi connectivity index (χ0) is 24.9. The lowest BCUT2D eigenvalue weighted by Gasteiger charge is -2.39. The second kappa shape index (κ2) is 11.1. The maximum Gasteiger partial charge on any atom is 0.255 e. The molecule has 0 radical (unpaired) electrons. The summed E-state index contributed by atoms with van der Waals surface area (Å²) in [6, 6.07) is 25.4. The Kier molecular flexibility index (Phi) is 7.54. The second-order valence-electron chi connectivity index (χ2n) is 9.51. The number of halogens is 1. The molecular weight excluding hydrogens is 474 g/mol. The van der Waals surface area contributed by atoms with Gasteiger partial charge in [0.25, 0.3) is 5.91 Å². The van der Waals surface area contributed by atoms with Gasteiger partial charge in [-0.25, -0.2) is 0 Å². The van der Waals surface area contributed by atoms with Gasteiger partial charge >= 0.3 is 0 Å². The molecule has 3 atom stereocenters. The van der Waals surface area contributed by atoms with Gasteiger partial charge in [0.15, 0.2) is 0 Å². The summed E-state index contributed by atoms with van der Waals surface area (Å²) in [4.78, 5) is 28.1. The number of ether oxygens (including phenoxy) is 1. The van der Waals surface area contributed by atoms with Gasteiger partial charge in [-0.15, -0.1) is 0 Å². The molecule has 7 heteroatoms. The first-order valence-electron chi connectivity index (χ1n) is 12.4. The van der Waals surface area contributed by atoms with E-state index in [0.29, 0.717) is 29.1 Å². The molecule has 5 rings (SSSR count). The molecule has 6 nitrogen and oxygen atoms in total. The van der Waals surface area contributed by atoms with Crippen LogP contribution < -0.4 is 15.4 Å². The molecule has 0 aromatic heterocycles. The van der Waals surface area contributed by atoms with E-state index in [9.17, 15) is 9.59 Å².